The van der Waals surface area contributed by atoms with E-state index in [-0.39, 0.29) is 11.8 Å². The molecule has 1 amide bonds. The fraction of sp³-hybridized carbons (Fsp3) is 0.400. The summed E-state index contributed by atoms with van der Waals surface area (Å²) in [4.78, 5) is 19.3. The van der Waals surface area contributed by atoms with Gasteiger partial charge in [-0.2, -0.15) is 0 Å². The smallest absolute Gasteiger partial charge is 0.227 e. The van der Waals surface area contributed by atoms with Crippen molar-refractivity contribution in [3.63, 3.8) is 0 Å². The number of hydrogen-bond donors (Lipinski definition) is 1. The summed E-state index contributed by atoms with van der Waals surface area (Å²) in [5, 5.41) is 3.76. The fourth-order valence-electron chi connectivity index (χ4n) is 3.10. The van der Waals surface area contributed by atoms with E-state index >= 15 is 0 Å². The van der Waals surface area contributed by atoms with Crippen LogP contribution in [-0.4, -0.2) is 55.2 Å². The molecule has 1 atom stereocenters. The highest BCUT2D eigenvalue weighted by Gasteiger charge is 2.21. The van der Waals surface area contributed by atoms with Crippen LogP contribution < -0.4 is 5.32 Å². The van der Waals surface area contributed by atoms with Gasteiger partial charge >= 0.3 is 0 Å². The summed E-state index contributed by atoms with van der Waals surface area (Å²) < 4.78 is 5.35. The second-order valence-corrected chi connectivity index (χ2v) is 6.85. The van der Waals surface area contributed by atoms with E-state index in [0.29, 0.717) is 18.0 Å². The molecule has 6 heteroatoms. The summed E-state index contributed by atoms with van der Waals surface area (Å²) in [6.45, 7) is 4.86. The van der Waals surface area contributed by atoms with Gasteiger partial charge in [-0.05, 0) is 35.7 Å². The largest absolute Gasteiger partial charge is 0.379 e. The molecule has 5 nitrogen and oxygen atoms in total. The molecule has 1 aromatic carbocycles. The lowest BCUT2D eigenvalue weighted by atomic mass is 9.92. The standard InChI is InChI=1S/C20H24ClN3O2/c21-18-5-3-17(4-6-18)19(14-16-2-1-7-22-15-16)20(25)23-8-9-24-10-12-26-13-11-24/h1-7,15,19H,8-14H2,(H,23,25). The van der Waals surface area contributed by atoms with Gasteiger partial charge in [0.1, 0.15) is 0 Å². The molecule has 2 aromatic rings. The maximum Gasteiger partial charge on any atom is 0.227 e. The van der Waals surface area contributed by atoms with Crippen LogP contribution in [0.4, 0.5) is 0 Å². The third-order valence-corrected chi connectivity index (χ3v) is 4.83. The maximum atomic E-state index is 12.9. The van der Waals surface area contributed by atoms with E-state index in [4.69, 9.17) is 16.3 Å². The molecule has 2 heterocycles. The Hall–Kier alpha value is -1.95. The molecule has 1 aliphatic rings. The Kier molecular flexibility index (Phi) is 7.00. The normalized spacial score (nSPS) is 16.2. The number of halogens is 1. The third kappa shape index (κ3) is 5.53. The van der Waals surface area contributed by atoms with Crippen molar-refractivity contribution in [2.24, 2.45) is 0 Å². The van der Waals surface area contributed by atoms with Gasteiger partial charge in [0.05, 0.1) is 19.1 Å². The summed E-state index contributed by atoms with van der Waals surface area (Å²) in [5.74, 6) is -0.231. The number of nitrogens with one attached hydrogen (secondary N) is 1. The van der Waals surface area contributed by atoms with Crippen molar-refractivity contribution >= 4 is 17.5 Å². The molecule has 1 aliphatic heterocycles. The molecule has 0 aliphatic carbocycles. The topological polar surface area (TPSA) is 54.5 Å². The van der Waals surface area contributed by atoms with Gasteiger partial charge in [0.2, 0.25) is 5.91 Å². The van der Waals surface area contributed by atoms with Gasteiger partial charge in [-0.25, -0.2) is 0 Å². The first kappa shape index (κ1) is 18.8. The number of ether oxygens (including phenoxy) is 1. The zero-order valence-electron chi connectivity index (χ0n) is 14.7. The minimum Gasteiger partial charge on any atom is -0.379 e. The predicted molar refractivity (Wildman–Crippen MR) is 102 cm³/mol. The van der Waals surface area contributed by atoms with Crippen LogP contribution in [0.25, 0.3) is 0 Å². The molecule has 1 aromatic heterocycles. The first-order valence-corrected chi connectivity index (χ1v) is 9.32. The lowest BCUT2D eigenvalue weighted by Gasteiger charge is -2.27. The highest BCUT2D eigenvalue weighted by atomic mass is 35.5. The van der Waals surface area contributed by atoms with Crippen molar-refractivity contribution < 1.29 is 9.53 Å². The molecule has 1 fully saturated rings. The first-order valence-electron chi connectivity index (χ1n) is 8.94. The Labute approximate surface area is 159 Å². The number of pyridine rings is 1. The number of carbonyl (C=O) groups is 1. The van der Waals surface area contributed by atoms with Crippen LogP contribution in [0.5, 0.6) is 0 Å². The number of nitrogens with zero attached hydrogens (tertiary/aromatic N) is 2. The summed E-state index contributed by atoms with van der Waals surface area (Å²) in [6, 6.07) is 11.4. The number of rotatable bonds is 7. The van der Waals surface area contributed by atoms with E-state index < -0.39 is 0 Å². The molecule has 1 N–H and O–H groups in total. The van der Waals surface area contributed by atoms with Gasteiger partial charge in [-0.15, -0.1) is 0 Å². The third-order valence-electron chi connectivity index (χ3n) is 4.58. The number of morpholine rings is 1. The minimum atomic E-state index is -0.263. The predicted octanol–water partition coefficient (Wildman–Crippen LogP) is 2.51. The molecule has 0 spiro atoms. The van der Waals surface area contributed by atoms with Gasteiger partial charge in [-0.3, -0.25) is 14.7 Å². The molecule has 3 rings (SSSR count). The number of hydrogen-bond acceptors (Lipinski definition) is 4. The van der Waals surface area contributed by atoms with E-state index in [2.05, 4.69) is 15.2 Å². The fourth-order valence-corrected chi connectivity index (χ4v) is 3.22. The van der Waals surface area contributed by atoms with Gasteiger partial charge < -0.3 is 10.1 Å². The minimum absolute atomic E-state index is 0.0319. The number of aromatic nitrogens is 1. The molecule has 1 unspecified atom stereocenters. The van der Waals surface area contributed by atoms with Crippen LogP contribution in [0.15, 0.2) is 48.8 Å². The highest BCUT2D eigenvalue weighted by molar-refractivity contribution is 6.30. The molecule has 138 valence electrons. The molecule has 0 radical (unpaired) electrons. The molecule has 0 bridgehead atoms. The molecule has 0 saturated carbocycles. The quantitative estimate of drug-likeness (QED) is 0.810. The van der Waals surface area contributed by atoms with Crippen LogP contribution in [0.3, 0.4) is 0 Å². The van der Waals surface area contributed by atoms with E-state index in [9.17, 15) is 4.79 Å². The first-order chi connectivity index (χ1) is 12.7. The molecular formula is C20H24ClN3O2. The van der Waals surface area contributed by atoms with Gasteiger partial charge in [0, 0.05) is 43.6 Å². The van der Waals surface area contributed by atoms with E-state index in [0.717, 1.165) is 44.0 Å². The highest BCUT2D eigenvalue weighted by Crippen LogP contribution is 2.23. The maximum absolute atomic E-state index is 12.9. The Morgan fingerprint density at radius 3 is 2.69 bits per heavy atom. The number of benzene rings is 1. The Bertz CT molecular complexity index is 688. The van der Waals surface area contributed by atoms with Gasteiger partial charge in [0.15, 0.2) is 0 Å². The number of carbonyl (C=O) groups excluding carboxylic acids is 1. The lowest BCUT2D eigenvalue weighted by Crippen LogP contribution is -2.42. The zero-order chi connectivity index (χ0) is 18.2. The van der Waals surface area contributed by atoms with Crippen LogP contribution in [0, 0.1) is 0 Å². The van der Waals surface area contributed by atoms with Crippen LogP contribution in [0.1, 0.15) is 17.0 Å². The van der Waals surface area contributed by atoms with Crippen LogP contribution in [0.2, 0.25) is 5.02 Å². The van der Waals surface area contributed by atoms with Crippen LogP contribution in [-0.2, 0) is 16.0 Å². The summed E-state index contributed by atoms with van der Waals surface area (Å²) in [7, 11) is 0. The Balaban J connectivity index is 1.63. The summed E-state index contributed by atoms with van der Waals surface area (Å²) in [6.07, 6.45) is 4.16. The van der Waals surface area contributed by atoms with Gasteiger partial charge in [-0.1, -0.05) is 29.8 Å². The Morgan fingerprint density at radius 1 is 1.23 bits per heavy atom. The van der Waals surface area contributed by atoms with E-state index in [1.54, 1.807) is 6.20 Å². The average molecular weight is 374 g/mol. The summed E-state index contributed by atoms with van der Waals surface area (Å²) >= 11 is 6.00. The molecule has 1 saturated heterocycles. The SMILES string of the molecule is O=C(NCCN1CCOCC1)C(Cc1cccnc1)c1ccc(Cl)cc1. The van der Waals surface area contributed by atoms with Gasteiger partial charge in [0.25, 0.3) is 0 Å². The second kappa shape index (κ2) is 9.67. The van der Waals surface area contributed by atoms with Crippen LogP contribution >= 0.6 is 11.6 Å². The lowest BCUT2D eigenvalue weighted by molar-refractivity contribution is -0.122. The van der Waals surface area contributed by atoms with Crippen molar-refractivity contribution in [3.8, 4) is 0 Å². The van der Waals surface area contributed by atoms with Crippen molar-refractivity contribution in [1.82, 2.24) is 15.2 Å². The molecule has 26 heavy (non-hydrogen) atoms. The zero-order valence-corrected chi connectivity index (χ0v) is 15.5. The van der Waals surface area contributed by atoms with Crippen molar-refractivity contribution in [3.05, 3.63) is 64.9 Å². The van der Waals surface area contributed by atoms with Crippen molar-refractivity contribution in [2.75, 3.05) is 39.4 Å². The Morgan fingerprint density at radius 2 is 2.00 bits per heavy atom. The second-order valence-electron chi connectivity index (χ2n) is 6.41. The molecular weight excluding hydrogens is 350 g/mol. The van der Waals surface area contributed by atoms with Crippen molar-refractivity contribution in [2.45, 2.75) is 12.3 Å². The van der Waals surface area contributed by atoms with Crippen molar-refractivity contribution in [1.29, 1.82) is 0 Å². The summed E-state index contributed by atoms with van der Waals surface area (Å²) in [5.41, 5.74) is 2.00. The number of amides is 1. The van der Waals surface area contributed by atoms with E-state index in [1.807, 2.05) is 42.6 Å². The monoisotopic (exact) mass is 373 g/mol. The average Bonchev–Trinajstić information content (AvgIpc) is 2.68. The van der Waals surface area contributed by atoms with E-state index in [1.165, 1.54) is 0 Å².